The lowest BCUT2D eigenvalue weighted by molar-refractivity contribution is 0.101. The molecule has 0 bridgehead atoms. The van der Waals surface area contributed by atoms with Crippen LogP contribution in [0, 0.1) is 6.92 Å². The van der Waals surface area contributed by atoms with Gasteiger partial charge in [0, 0.05) is 17.7 Å². The topological polar surface area (TPSA) is 43.3 Å². The molecule has 4 nitrogen and oxygen atoms in total. The predicted octanol–water partition coefficient (Wildman–Crippen LogP) is 4.14. The SMILES string of the molecule is CCCOc1cc(C)ccc1NC(=O)c1cc(Br)cn1C. The van der Waals surface area contributed by atoms with Crippen LogP contribution in [0.5, 0.6) is 5.75 Å². The second kappa shape index (κ2) is 6.80. The molecule has 1 aromatic heterocycles. The Labute approximate surface area is 133 Å². The van der Waals surface area contributed by atoms with E-state index in [0.29, 0.717) is 23.7 Å². The quantitative estimate of drug-likeness (QED) is 0.880. The number of amides is 1. The van der Waals surface area contributed by atoms with Crippen molar-refractivity contribution in [1.82, 2.24) is 4.57 Å². The Bertz CT molecular complexity index is 650. The molecule has 0 aliphatic rings. The van der Waals surface area contributed by atoms with Crippen LogP contribution in [-0.4, -0.2) is 17.1 Å². The molecule has 0 radical (unpaired) electrons. The molecule has 0 fully saturated rings. The first-order chi connectivity index (χ1) is 10.0. The van der Waals surface area contributed by atoms with Crippen LogP contribution in [0.1, 0.15) is 29.4 Å². The molecule has 0 aliphatic carbocycles. The summed E-state index contributed by atoms with van der Waals surface area (Å²) in [5.41, 5.74) is 2.38. The van der Waals surface area contributed by atoms with E-state index in [-0.39, 0.29) is 5.91 Å². The number of hydrogen-bond donors (Lipinski definition) is 1. The third kappa shape index (κ3) is 3.88. The zero-order valence-electron chi connectivity index (χ0n) is 12.4. The summed E-state index contributed by atoms with van der Waals surface area (Å²) in [6, 6.07) is 7.55. The number of nitrogens with one attached hydrogen (secondary N) is 1. The number of halogens is 1. The van der Waals surface area contributed by atoms with Gasteiger partial charge in [0.1, 0.15) is 11.4 Å². The third-order valence-electron chi connectivity index (χ3n) is 3.05. The first-order valence-corrected chi connectivity index (χ1v) is 7.67. The highest BCUT2D eigenvalue weighted by Crippen LogP contribution is 2.27. The second-order valence-electron chi connectivity index (χ2n) is 4.96. The van der Waals surface area contributed by atoms with Crippen molar-refractivity contribution in [3.8, 4) is 5.75 Å². The van der Waals surface area contributed by atoms with Crippen LogP contribution in [0.25, 0.3) is 0 Å². The molecule has 0 aliphatic heterocycles. The summed E-state index contributed by atoms with van der Waals surface area (Å²) in [6.45, 7) is 4.68. The highest BCUT2D eigenvalue weighted by atomic mass is 79.9. The van der Waals surface area contributed by atoms with E-state index in [0.717, 1.165) is 16.5 Å². The number of carbonyl (C=O) groups is 1. The first-order valence-electron chi connectivity index (χ1n) is 6.88. The van der Waals surface area contributed by atoms with Crippen LogP contribution < -0.4 is 10.1 Å². The normalized spacial score (nSPS) is 10.5. The molecule has 0 unspecified atom stereocenters. The van der Waals surface area contributed by atoms with Crippen LogP contribution in [0.3, 0.4) is 0 Å². The molecule has 0 saturated heterocycles. The number of ether oxygens (including phenoxy) is 1. The van der Waals surface area contributed by atoms with E-state index in [1.165, 1.54) is 0 Å². The van der Waals surface area contributed by atoms with E-state index < -0.39 is 0 Å². The molecule has 0 atom stereocenters. The van der Waals surface area contributed by atoms with E-state index in [4.69, 9.17) is 4.74 Å². The van der Waals surface area contributed by atoms with Gasteiger partial charge in [0.25, 0.3) is 5.91 Å². The monoisotopic (exact) mass is 350 g/mol. The fourth-order valence-electron chi connectivity index (χ4n) is 2.00. The molecule has 112 valence electrons. The number of aromatic nitrogens is 1. The molecular formula is C16H19BrN2O2. The summed E-state index contributed by atoms with van der Waals surface area (Å²) in [7, 11) is 1.84. The van der Waals surface area contributed by atoms with Crippen LogP contribution in [-0.2, 0) is 7.05 Å². The van der Waals surface area contributed by atoms with Crippen molar-refractivity contribution in [2.24, 2.45) is 7.05 Å². The van der Waals surface area contributed by atoms with Gasteiger partial charge in [0.05, 0.1) is 12.3 Å². The third-order valence-corrected chi connectivity index (χ3v) is 3.48. The molecule has 1 heterocycles. The maximum atomic E-state index is 12.4. The molecule has 21 heavy (non-hydrogen) atoms. The molecule has 5 heteroatoms. The van der Waals surface area contributed by atoms with Crippen LogP contribution in [0.15, 0.2) is 34.9 Å². The zero-order chi connectivity index (χ0) is 15.4. The van der Waals surface area contributed by atoms with Crippen molar-refractivity contribution in [2.45, 2.75) is 20.3 Å². The van der Waals surface area contributed by atoms with Crippen LogP contribution >= 0.6 is 15.9 Å². The van der Waals surface area contributed by atoms with E-state index >= 15 is 0 Å². The number of nitrogens with zero attached hydrogens (tertiary/aromatic N) is 1. The Morgan fingerprint density at radius 3 is 2.76 bits per heavy atom. The van der Waals surface area contributed by atoms with Gasteiger partial charge in [-0.2, -0.15) is 0 Å². The van der Waals surface area contributed by atoms with Gasteiger partial charge in [-0.3, -0.25) is 4.79 Å². The lowest BCUT2D eigenvalue weighted by Crippen LogP contribution is -2.16. The minimum atomic E-state index is -0.159. The van der Waals surface area contributed by atoms with Gasteiger partial charge >= 0.3 is 0 Å². The van der Waals surface area contributed by atoms with Gasteiger partial charge in [0.15, 0.2) is 0 Å². The van der Waals surface area contributed by atoms with Gasteiger partial charge in [-0.1, -0.05) is 13.0 Å². The van der Waals surface area contributed by atoms with E-state index in [2.05, 4.69) is 28.2 Å². The second-order valence-corrected chi connectivity index (χ2v) is 5.87. The average Bonchev–Trinajstić information content (AvgIpc) is 2.78. The fourth-order valence-corrected chi connectivity index (χ4v) is 2.52. The maximum Gasteiger partial charge on any atom is 0.272 e. The van der Waals surface area contributed by atoms with E-state index in [1.54, 1.807) is 10.6 Å². The van der Waals surface area contributed by atoms with Gasteiger partial charge < -0.3 is 14.6 Å². The highest BCUT2D eigenvalue weighted by molar-refractivity contribution is 9.10. The number of anilines is 1. The number of aryl methyl sites for hydroxylation is 2. The van der Waals surface area contributed by atoms with Crippen LogP contribution in [0.4, 0.5) is 5.69 Å². The summed E-state index contributed by atoms with van der Waals surface area (Å²) in [5.74, 6) is 0.548. The Kier molecular flexibility index (Phi) is 5.07. The van der Waals surface area contributed by atoms with E-state index in [9.17, 15) is 4.79 Å². The molecule has 2 aromatic rings. The van der Waals surface area contributed by atoms with Crippen molar-refractivity contribution in [2.75, 3.05) is 11.9 Å². The van der Waals surface area contributed by atoms with Gasteiger partial charge in [-0.15, -0.1) is 0 Å². The van der Waals surface area contributed by atoms with Crippen molar-refractivity contribution in [3.63, 3.8) is 0 Å². The average molecular weight is 351 g/mol. The molecule has 0 saturated carbocycles. The number of rotatable bonds is 5. The highest BCUT2D eigenvalue weighted by Gasteiger charge is 2.14. The summed E-state index contributed by atoms with van der Waals surface area (Å²) < 4.78 is 8.36. The summed E-state index contributed by atoms with van der Waals surface area (Å²) in [5, 5.41) is 2.91. The Morgan fingerprint density at radius 1 is 1.38 bits per heavy atom. The molecule has 2 rings (SSSR count). The fraction of sp³-hybridized carbons (Fsp3) is 0.312. The van der Waals surface area contributed by atoms with Crippen LogP contribution in [0.2, 0.25) is 0 Å². The molecule has 1 aromatic carbocycles. The molecule has 1 amide bonds. The lowest BCUT2D eigenvalue weighted by atomic mass is 10.2. The number of benzene rings is 1. The maximum absolute atomic E-state index is 12.4. The molecule has 1 N–H and O–H groups in total. The van der Waals surface area contributed by atoms with Crippen molar-refractivity contribution < 1.29 is 9.53 Å². The summed E-state index contributed by atoms with van der Waals surface area (Å²) in [6.07, 6.45) is 2.77. The Hall–Kier alpha value is -1.75. The largest absolute Gasteiger partial charge is 0.491 e. The van der Waals surface area contributed by atoms with Crippen molar-refractivity contribution in [3.05, 3.63) is 46.2 Å². The predicted molar refractivity (Wildman–Crippen MR) is 88.0 cm³/mol. The minimum Gasteiger partial charge on any atom is -0.491 e. The smallest absolute Gasteiger partial charge is 0.272 e. The molecular weight excluding hydrogens is 332 g/mol. The van der Waals surface area contributed by atoms with Gasteiger partial charge in [-0.05, 0) is 53.0 Å². The zero-order valence-corrected chi connectivity index (χ0v) is 14.0. The standard InChI is InChI=1S/C16H19BrN2O2/c1-4-7-21-15-8-11(2)5-6-13(15)18-16(20)14-9-12(17)10-19(14)3/h5-6,8-10H,4,7H2,1-3H3,(H,18,20). The summed E-state index contributed by atoms with van der Waals surface area (Å²) >= 11 is 3.37. The van der Waals surface area contributed by atoms with Gasteiger partial charge in [0.2, 0.25) is 0 Å². The van der Waals surface area contributed by atoms with Crippen molar-refractivity contribution in [1.29, 1.82) is 0 Å². The molecule has 0 spiro atoms. The Morgan fingerprint density at radius 2 is 2.14 bits per heavy atom. The minimum absolute atomic E-state index is 0.159. The first kappa shape index (κ1) is 15.6. The van der Waals surface area contributed by atoms with E-state index in [1.807, 2.05) is 38.4 Å². The van der Waals surface area contributed by atoms with Gasteiger partial charge in [-0.25, -0.2) is 0 Å². The summed E-state index contributed by atoms with van der Waals surface area (Å²) in [4.78, 5) is 12.4. The lowest BCUT2D eigenvalue weighted by Gasteiger charge is -2.13. The number of hydrogen-bond acceptors (Lipinski definition) is 2. The Balaban J connectivity index is 2.22. The van der Waals surface area contributed by atoms with Crippen molar-refractivity contribution >= 4 is 27.5 Å². The number of carbonyl (C=O) groups excluding carboxylic acids is 1.